The third-order valence-electron chi connectivity index (χ3n) is 5.00. The lowest BCUT2D eigenvalue weighted by Gasteiger charge is -2.30. The maximum Gasteiger partial charge on any atom is 0.103 e. The third kappa shape index (κ3) is 5.30. The summed E-state index contributed by atoms with van der Waals surface area (Å²) in [4.78, 5) is 1.65. The minimum absolute atomic E-state index is 1.02. The number of benzene rings is 2. The first-order valence-electron chi connectivity index (χ1n) is 9.52. The Morgan fingerprint density at radius 2 is 1.81 bits per heavy atom. The summed E-state index contributed by atoms with van der Waals surface area (Å²) >= 11 is 0. The zero-order valence-corrected chi connectivity index (χ0v) is 16.2. The number of rotatable bonds is 5. The molecule has 0 spiro atoms. The summed E-state index contributed by atoms with van der Waals surface area (Å²) in [7, 11) is 0. The maximum atomic E-state index is 4.68. The lowest BCUT2D eigenvalue weighted by atomic mass is 10.1. The highest BCUT2D eigenvalue weighted by atomic mass is 15.5. The number of quaternary nitrogens is 1. The molecular weight excluding hydrogens is 318 g/mol. The minimum atomic E-state index is 1.02. The molecule has 0 saturated carbocycles. The molecule has 3 heteroatoms. The Morgan fingerprint density at radius 3 is 2.50 bits per heavy atom. The summed E-state index contributed by atoms with van der Waals surface area (Å²) in [6.07, 6.45) is 4.16. The summed E-state index contributed by atoms with van der Waals surface area (Å²) < 4.78 is 0. The van der Waals surface area contributed by atoms with Crippen LogP contribution in [0.3, 0.4) is 0 Å². The second kappa shape index (κ2) is 8.81. The molecule has 1 aliphatic rings. The molecule has 0 radical (unpaired) electrons. The van der Waals surface area contributed by atoms with Gasteiger partial charge >= 0.3 is 0 Å². The molecule has 26 heavy (non-hydrogen) atoms. The van der Waals surface area contributed by atoms with Gasteiger partial charge in [0.25, 0.3) is 0 Å². The van der Waals surface area contributed by atoms with Gasteiger partial charge in [0.15, 0.2) is 0 Å². The molecule has 1 fully saturated rings. The van der Waals surface area contributed by atoms with Crippen LogP contribution in [0.5, 0.6) is 0 Å². The monoisotopic (exact) mass is 348 g/mol. The van der Waals surface area contributed by atoms with E-state index < -0.39 is 0 Å². The Labute approximate surface area is 157 Å². The first-order chi connectivity index (χ1) is 12.6. The third-order valence-corrected chi connectivity index (χ3v) is 5.00. The normalized spacial score (nSPS) is 16.4. The van der Waals surface area contributed by atoms with E-state index in [1.54, 1.807) is 4.90 Å². The first kappa shape index (κ1) is 18.4. The fourth-order valence-electron chi connectivity index (χ4n) is 3.44. The molecule has 1 N–H and O–H groups in total. The lowest BCUT2D eigenvalue weighted by molar-refractivity contribution is -0.918. The van der Waals surface area contributed by atoms with Crippen LogP contribution >= 0.6 is 0 Å². The molecule has 0 amide bonds. The van der Waals surface area contributed by atoms with Gasteiger partial charge in [-0.05, 0) is 37.5 Å². The highest BCUT2D eigenvalue weighted by molar-refractivity contribution is 5.84. The number of aryl methyl sites for hydroxylation is 2. The Balaban J connectivity index is 1.50. The van der Waals surface area contributed by atoms with Crippen molar-refractivity contribution >= 4 is 12.3 Å². The van der Waals surface area contributed by atoms with Gasteiger partial charge in [-0.2, -0.15) is 5.10 Å². The summed E-state index contributed by atoms with van der Waals surface area (Å²) in [6.45, 7) is 12.0. The second-order valence-electron chi connectivity index (χ2n) is 7.35. The van der Waals surface area contributed by atoms with Crippen molar-refractivity contribution in [3.63, 3.8) is 0 Å². The smallest absolute Gasteiger partial charge is 0.103 e. The number of hydrazone groups is 1. The van der Waals surface area contributed by atoms with E-state index in [4.69, 9.17) is 0 Å². The van der Waals surface area contributed by atoms with Crippen molar-refractivity contribution in [2.45, 2.75) is 27.3 Å². The molecule has 3 nitrogen and oxygen atoms in total. The van der Waals surface area contributed by atoms with Crippen LogP contribution in [0.25, 0.3) is 6.08 Å². The highest BCUT2D eigenvalue weighted by Crippen LogP contribution is 2.09. The Morgan fingerprint density at radius 1 is 1.08 bits per heavy atom. The van der Waals surface area contributed by atoms with Crippen LogP contribution in [-0.2, 0) is 6.54 Å². The lowest BCUT2D eigenvalue weighted by Crippen LogP contribution is -3.13. The SMILES string of the molecule is CC(/C=N\N1CC[NH+](Cc2ccc(C)cc2C)CC1)=C\c1ccccc1. The van der Waals surface area contributed by atoms with Gasteiger partial charge in [-0.25, -0.2) is 0 Å². The largest absolute Gasteiger partial charge is 0.328 e. The summed E-state index contributed by atoms with van der Waals surface area (Å²) in [5.41, 5.74) is 6.64. The van der Waals surface area contributed by atoms with Gasteiger partial charge in [0.2, 0.25) is 0 Å². The summed E-state index contributed by atoms with van der Waals surface area (Å²) in [6, 6.07) is 17.2. The van der Waals surface area contributed by atoms with E-state index in [1.165, 1.54) is 27.8 Å². The van der Waals surface area contributed by atoms with Crippen molar-refractivity contribution in [2.75, 3.05) is 26.2 Å². The van der Waals surface area contributed by atoms with Gasteiger partial charge in [-0.15, -0.1) is 0 Å². The van der Waals surface area contributed by atoms with Crippen LogP contribution < -0.4 is 4.90 Å². The fraction of sp³-hybridized carbons (Fsp3) is 0.348. The van der Waals surface area contributed by atoms with Gasteiger partial charge in [0.1, 0.15) is 6.54 Å². The van der Waals surface area contributed by atoms with E-state index in [0.29, 0.717) is 0 Å². The van der Waals surface area contributed by atoms with Gasteiger partial charge in [-0.1, -0.05) is 60.2 Å². The fourth-order valence-corrected chi connectivity index (χ4v) is 3.44. The molecular formula is C23H30N3+. The van der Waals surface area contributed by atoms with Gasteiger partial charge in [-0.3, -0.25) is 5.01 Å². The van der Waals surface area contributed by atoms with Gasteiger partial charge < -0.3 is 4.90 Å². The molecule has 3 rings (SSSR count). The average molecular weight is 349 g/mol. The van der Waals surface area contributed by atoms with E-state index >= 15 is 0 Å². The Bertz CT molecular complexity index is 769. The van der Waals surface area contributed by atoms with Crippen LogP contribution in [0.4, 0.5) is 0 Å². The van der Waals surface area contributed by atoms with E-state index in [2.05, 4.69) is 79.4 Å². The molecule has 0 aromatic heterocycles. The topological polar surface area (TPSA) is 20.0 Å². The highest BCUT2D eigenvalue weighted by Gasteiger charge is 2.19. The molecule has 0 bridgehead atoms. The zero-order valence-electron chi connectivity index (χ0n) is 16.2. The van der Waals surface area contributed by atoms with Gasteiger partial charge in [0.05, 0.1) is 26.2 Å². The average Bonchev–Trinajstić information content (AvgIpc) is 2.64. The molecule has 0 aliphatic carbocycles. The number of allylic oxidation sites excluding steroid dienone is 1. The van der Waals surface area contributed by atoms with Crippen molar-refractivity contribution in [1.29, 1.82) is 0 Å². The first-order valence-corrected chi connectivity index (χ1v) is 9.52. The zero-order chi connectivity index (χ0) is 18.4. The Hall–Kier alpha value is -2.39. The molecule has 2 aromatic carbocycles. The predicted molar refractivity (Wildman–Crippen MR) is 110 cm³/mol. The van der Waals surface area contributed by atoms with Crippen molar-refractivity contribution in [2.24, 2.45) is 5.10 Å². The predicted octanol–water partition coefficient (Wildman–Crippen LogP) is 3.09. The number of piperazine rings is 1. The van der Waals surface area contributed by atoms with Crippen molar-refractivity contribution in [3.8, 4) is 0 Å². The number of hydrogen-bond acceptors (Lipinski definition) is 2. The van der Waals surface area contributed by atoms with E-state index in [9.17, 15) is 0 Å². The number of nitrogens with zero attached hydrogens (tertiary/aromatic N) is 2. The standard InChI is InChI=1S/C23H29N3/c1-19-9-10-23(21(3)15-19)18-25-11-13-26(14-12-25)24-17-20(2)16-22-7-5-4-6-8-22/h4-10,15-17H,11-14,18H2,1-3H3/p+1/b20-16+,24-17-. The van der Waals surface area contributed by atoms with Crippen molar-refractivity contribution in [1.82, 2.24) is 5.01 Å². The van der Waals surface area contributed by atoms with E-state index in [-0.39, 0.29) is 0 Å². The van der Waals surface area contributed by atoms with Crippen molar-refractivity contribution < 1.29 is 4.90 Å². The maximum absolute atomic E-state index is 4.68. The molecule has 1 aliphatic heterocycles. The summed E-state index contributed by atoms with van der Waals surface area (Å²) in [5.74, 6) is 0. The van der Waals surface area contributed by atoms with E-state index in [1.807, 2.05) is 12.3 Å². The van der Waals surface area contributed by atoms with Crippen LogP contribution in [-0.4, -0.2) is 37.4 Å². The number of hydrogen-bond donors (Lipinski definition) is 1. The van der Waals surface area contributed by atoms with Crippen molar-refractivity contribution in [3.05, 3.63) is 76.4 Å². The van der Waals surface area contributed by atoms with Crippen LogP contribution in [0.2, 0.25) is 0 Å². The summed E-state index contributed by atoms with van der Waals surface area (Å²) in [5, 5.41) is 6.88. The second-order valence-corrected chi connectivity index (χ2v) is 7.35. The molecule has 0 atom stereocenters. The molecule has 2 aromatic rings. The van der Waals surface area contributed by atoms with Crippen LogP contribution in [0.1, 0.15) is 29.2 Å². The molecule has 136 valence electrons. The molecule has 1 saturated heterocycles. The van der Waals surface area contributed by atoms with Gasteiger partial charge in [0, 0.05) is 11.8 Å². The quantitative estimate of drug-likeness (QED) is 0.823. The van der Waals surface area contributed by atoms with E-state index in [0.717, 1.165) is 32.7 Å². The number of nitrogens with one attached hydrogen (secondary N) is 1. The van der Waals surface area contributed by atoms with Crippen LogP contribution in [0, 0.1) is 13.8 Å². The minimum Gasteiger partial charge on any atom is -0.328 e. The molecule has 1 heterocycles. The van der Waals surface area contributed by atoms with Crippen LogP contribution in [0.15, 0.2) is 59.2 Å². The molecule has 0 unspecified atom stereocenters. The Kier molecular flexibility index (Phi) is 6.24.